The van der Waals surface area contributed by atoms with Gasteiger partial charge in [0.05, 0.1) is 0 Å². The molecule has 2 nitrogen and oxygen atoms in total. The van der Waals surface area contributed by atoms with Gasteiger partial charge in [0.2, 0.25) is 0 Å². The van der Waals surface area contributed by atoms with Gasteiger partial charge >= 0.3 is 0 Å². The maximum Gasteiger partial charge on any atom is 0.0227 e. The van der Waals surface area contributed by atoms with Gasteiger partial charge in [-0.05, 0) is 44.7 Å². The average molecular weight is 224 g/mol. The van der Waals surface area contributed by atoms with Gasteiger partial charge in [-0.15, -0.1) is 0 Å². The van der Waals surface area contributed by atoms with Crippen LogP contribution in [0.25, 0.3) is 0 Å². The first-order chi connectivity index (χ1) is 7.70. The minimum Gasteiger partial charge on any atom is -0.300 e. The van der Waals surface area contributed by atoms with E-state index in [-0.39, 0.29) is 0 Å². The fourth-order valence-electron chi connectivity index (χ4n) is 3.35. The molecule has 0 unspecified atom stereocenters. The monoisotopic (exact) mass is 224 g/mol. The molecule has 16 heavy (non-hydrogen) atoms. The van der Waals surface area contributed by atoms with Crippen molar-refractivity contribution in [2.75, 3.05) is 26.2 Å². The highest BCUT2D eigenvalue weighted by Crippen LogP contribution is 2.30. The molecule has 0 aliphatic carbocycles. The Kier molecular flexibility index (Phi) is 4.26. The second-order valence-electron chi connectivity index (χ2n) is 6.06. The second kappa shape index (κ2) is 5.50. The summed E-state index contributed by atoms with van der Waals surface area (Å²) in [5.74, 6) is 0.855. The van der Waals surface area contributed by atoms with E-state index in [0.29, 0.717) is 0 Å². The van der Waals surface area contributed by atoms with Crippen LogP contribution in [0.3, 0.4) is 0 Å². The number of hydrogen-bond donors (Lipinski definition) is 0. The Labute approximate surface area is 101 Å². The summed E-state index contributed by atoms with van der Waals surface area (Å²) in [6, 6.07) is 1.76. The molecule has 0 amide bonds. The molecular weight excluding hydrogens is 196 g/mol. The zero-order valence-electron chi connectivity index (χ0n) is 11.3. The molecular formula is C14H28N2. The molecule has 0 spiro atoms. The molecule has 2 atom stereocenters. The highest BCUT2D eigenvalue weighted by Gasteiger charge is 2.38. The Morgan fingerprint density at radius 3 is 2.19 bits per heavy atom. The van der Waals surface area contributed by atoms with Crippen molar-refractivity contribution in [3.05, 3.63) is 0 Å². The van der Waals surface area contributed by atoms with Crippen molar-refractivity contribution in [1.29, 1.82) is 0 Å². The number of hydrogen-bond acceptors (Lipinski definition) is 2. The second-order valence-corrected chi connectivity index (χ2v) is 6.06. The Balaban J connectivity index is 1.84. The maximum absolute atomic E-state index is 2.81. The lowest BCUT2D eigenvalue weighted by Gasteiger charge is -2.41. The van der Waals surface area contributed by atoms with Crippen LogP contribution in [0.4, 0.5) is 0 Å². The highest BCUT2D eigenvalue weighted by molar-refractivity contribution is 4.95. The summed E-state index contributed by atoms with van der Waals surface area (Å²) in [7, 11) is 0. The molecule has 2 rings (SSSR count). The number of rotatable bonds is 5. The highest BCUT2D eigenvalue weighted by atomic mass is 15.3. The quantitative estimate of drug-likeness (QED) is 0.708. The Hall–Kier alpha value is -0.0800. The van der Waals surface area contributed by atoms with Gasteiger partial charge in [-0.1, -0.05) is 20.8 Å². The molecule has 94 valence electrons. The first-order valence-corrected chi connectivity index (χ1v) is 7.18. The largest absolute Gasteiger partial charge is 0.300 e. The summed E-state index contributed by atoms with van der Waals surface area (Å²) >= 11 is 0. The topological polar surface area (TPSA) is 6.48 Å². The smallest absolute Gasteiger partial charge is 0.0227 e. The molecule has 2 aliphatic heterocycles. The zero-order valence-corrected chi connectivity index (χ0v) is 11.3. The van der Waals surface area contributed by atoms with Crippen molar-refractivity contribution in [3.63, 3.8) is 0 Å². The first-order valence-electron chi connectivity index (χ1n) is 7.18. The summed E-state index contributed by atoms with van der Waals surface area (Å²) < 4.78 is 0. The van der Waals surface area contributed by atoms with Crippen LogP contribution in [0.2, 0.25) is 0 Å². The number of fused-ring (bicyclic) bond motifs is 2. The lowest BCUT2D eigenvalue weighted by molar-refractivity contribution is 0.0636. The fourth-order valence-corrected chi connectivity index (χ4v) is 3.35. The van der Waals surface area contributed by atoms with Crippen molar-refractivity contribution in [2.45, 2.75) is 58.5 Å². The molecule has 0 saturated carbocycles. The summed E-state index contributed by atoms with van der Waals surface area (Å²) in [6.45, 7) is 12.3. The van der Waals surface area contributed by atoms with Gasteiger partial charge in [0, 0.05) is 25.2 Å². The minimum atomic E-state index is 0.855. The van der Waals surface area contributed by atoms with Crippen LogP contribution in [0.1, 0.15) is 46.5 Å². The van der Waals surface area contributed by atoms with Crippen LogP contribution in [0.5, 0.6) is 0 Å². The number of piperazine rings is 1. The molecule has 0 aromatic rings. The summed E-state index contributed by atoms with van der Waals surface area (Å²) in [5, 5.41) is 0. The molecule has 2 heteroatoms. The van der Waals surface area contributed by atoms with Crippen LogP contribution in [0, 0.1) is 5.92 Å². The SMILES string of the molecule is CCCN1C[C@H]2CC[C@@H](C1)N2CCC(C)C. The van der Waals surface area contributed by atoms with E-state index >= 15 is 0 Å². The Bertz CT molecular complexity index is 201. The summed E-state index contributed by atoms with van der Waals surface area (Å²) in [6.07, 6.45) is 5.58. The minimum absolute atomic E-state index is 0.855. The Morgan fingerprint density at radius 1 is 1.06 bits per heavy atom. The molecule has 2 fully saturated rings. The van der Waals surface area contributed by atoms with E-state index in [0.717, 1.165) is 18.0 Å². The van der Waals surface area contributed by atoms with Crippen LogP contribution in [0.15, 0.2) is 0 Å². The van der Waals surface area contributed by atoms with Gasteiger partial charge in [-0.25, -0.2) is 0 Å². The standard InChI is InChI=1S/C14H28N2/c1-4-8-15-10-13-5-6-14(11-15)16(13)9-7-12(2)3/h12-14H,4-11H2,1-3H3/t13-,14+. The van der Waals surface area contributed by atoms with E-state index in [1.165, 1.54) is 51.9 Å². The van der Waals surface area contributed by atoms with Gasteiger partial charge in [-0.2, -0.15) is 0 Å². The number of likely N-dealkylation sites (tertiary alicyclic amines) is 1. The number of nitrogens with zero attached hydrogens (tertiary/aromatic N) is 2. The van der Waals surface area contributed by atoms with E-state index < -0.39 is 0 Å². The van der Waals surface area contributed by atoms with E-state index in [1.807, 2.05) is 0 Å². The molecule has 2 heterocycles. The zero-order chi connectivity index (χ0) is 11.5. The molecule has 0 N–H and O–H groups in total. The third-order valence-electron chi connectivity index (χ3n) is 4.21. The average Bonchev–Trinajstić information content (AvgIpc) is 2.46. The molecule has 2 bridgehead atoms. The molecule has 0 aromatic carbocycles. The van der Waals surface area contributed by atoms with E-state index in [2.05, 4.69) is 30.6 Å². The third-order valence-corrected chi connectivity index (χ3v) is 4.21. The molecule has 0 aromatic heterocycles. The lowest BCUT2D eigenvalue weighted by atomic mass is 10.1. The van der Waals surface area contributed by atoms with Crippen molar-refractivity contribution >= 4 is 0 Å². The molecule has 0 radical (unpaired) electrons. The van der Waals surface area contributed by atoms with Crippen molar-refractivity contribution in [1.82, 2.24) is 9.80 Å². The first kappa shape index (κ1) is 12.4. The van der Waals surface area contributed by atoms with Gasteiger partial charge in [0.1, 0.15) is 0 Å². The summed E-state index contributed by atoms with van der Waals surface area (Å²) in [5.41, 5.74) is 0. The van der Waals surface area contributed by atoms with Crippen molar-refractivity contribution in [3.8, 4) is 0 Å². The van der Waals surface area contributed by atoms with E-state index in [9.17, 15) is 0 Å². The Morgan fingerprint density at radius 2 is 1.69 bits per heavy atom. The van der Waals surface area contributed by atoms with Gasteiger partial charge in [-0.3, -0.25) is 4.90 Å². The van der Waals surface area contributed by atoms with Crippen molar-refractivity contribution in [2.24, 2.45) is 5.92 Å². The van der Waals surface area contributed by atoms with Crippen LogP contribution >= 0.6 is 0 Å². The van der Waals surface area contributed by atoms with Gasteiger partial charge in [0.25, 0.3) is 0 Å². The lowest BCUT2D eigenvalue weighted by Crippen LogP contribution is -2.54. The van der Waals surface area contributed by atoms with Crippen molar-refractivity contribution < 1.29 is 0 Å². The maximum atomic E-state index is 2.81. The van der Waals surface area contributed by atoms with Crippen LogP contribution in [-0.4, -0.2) is 48.1 Å². The van der Waals surface area contributed by atoms with Gasteiger partial charge in [0.15, 0.2) is 0 Å². The third kappa shape index (κ3) is 2.78. The van der Waals surface area contributed by atoms with E-state index in [1.54, 1.807) is 0 Å². The molecule has 2 aliphatic rings. The fraction of sp³-hybridized carbons (Fsp3) is 1.00. The van der Waals surface area contributed by atoms with Gasteiger partial charge < -0.3 is 4.90 Å². The predicted octanol–water partition coefficient (Wildman–Crippen LogP) is 2.59. The van der Waals surface area contributed by atoms with Crippen LogP contribution < -0.4 is 0 Å². The van der Waals surface area contributed by atoms with Crippen LogP contribution in [-0.2, 0) is 0 Å². The predicted molar refractivity (Wildman–Crippen MR) is 69.7 cm³/mol. The van der Waals surface area contributed by atoms with E-state index in [4.69, 9.17) is 0 Å². The normalized spacial score (nSPS) is 31.5. The summed E-state index contributed by atoms with van der Waals surface area (Å²) in [4.78, 5) is 5.50. The molecule has 2 saturated heterocycles.